The molecule has 26 heavy (non-hydrogen) atoms. The van der Waals surface area contributed by atoms with E-state index in [2.05, 4.69) is 46.6 Å². The molecule has 0 atom stereocenters. The highest BCUT2D eigenvalue weighted by molar-refractivity contribution is 7.99. The quantitative estimate of drug-likeness (QED) is 0.787. The van der Waals surface area contributed by atoms with Crippen molar-refractivity contribution in [2.24, 2.45) is 0 Å². The van der Waals surface area contributed by atoms with E-state index < -0.39 is 0 Å². The van der Waals surface area contributed by atoms with Crippen molar-refractivity contribution in [1.29, 1.82) is 5.26 Å². The molecule has 0 saturated heterocycles. The highest BCUT2D eigenvalue weighted by Crippen LogP contribution is 2.27. The molecule has 1 aliphatic heterocycles. The summed E-state index contributed by atoms with van der Waals surface area (Å²) < 4.78 is 0. The van der Waals surface area contributed by atoms with E-state index in [9.17, 15) is 4.79 Å². The number of rotatable bonds is 6. The molecule has 2 aromatic carbocycles. The Morgan fingerprint density at radius 1 is 1.15 bits per heavy atom. The Balaban J connectivity index is 1.55. The third-order valence-electron chi connectivity index (χ3n) is 4.26. The molecule has 0 aliphatic carbocycles. The van der Waals surface area contributed by atoms with Gasteiger partial charge in [-0.05, 0) is 29.7 Å². The van der Waals surface area contributed by atoms with E-state index in [1.165, 1.54) is 22.9 Å². The van der Waals surface area contributed by atoms with Gasteiger partial charge in [-0.1, -0.05) is 48.5 Å². The van der Waals surface area contributed by atoms with Crippen LogP contribution in [0.1, 0.15) is 12.0 Å². The number of hydrogen-bond acceptors (Lipinski definition) is 4. The fourth-order valence-electron chi connectivity index (χ4n) is 2.97. The summed E-state index contributed by atoms with van der Waals surface area (Å²) >= 11 is 1.43. The molecule has 1 amide bonds. The zero-order valence-corrected chi connectivity index (χ0v) is 15.3. The highest BCUT2D eigenvalue weighted by Gasteiger charge is 2.16. The van der Waals surface area contributed by atoms with Crippen LogP contribution in [0.5, 0.6) is 0 Å². The third-order valence-corrected chi connectivity index (χ3v) is 5.20. The minimum Gasteiger partial charge on any atom is -0.324 e. The molecule has 0 radical (unpaired) electrons. The first-order valence-corrected chi connectivity index (χ1v) is 9.60. The van der Waals surface area contributed by atoms with Crippen LogP contribution >= 0.6 is 11.8 Å². The summed E-state index contributed by atoms with van der Waals surface area (Å²) in [6, 6.07) is 20.1. The van der Waals surface area contributed by atoms with Crippen LogP contribution in [0.2, 0.25) is 0 Å². The van der Waals surface area contributed by atoms with E-state index >= 15 is 0 Å². The van der Waals surface area contributed by atoms with Gasteiger partial charge in [-0.3, -0.25) is 9.69 Å². The summed E-state index contributed by atoms with van der Waals surface area (Å²) in [6.45, 7) is 2.03. The van der Waals surface area contributed by atoms with Crippen molar-refractivity contribution in [3.8, 4) is 6.07 Å². The second kappa shape index (κ2) is 9.23. The van der Waals surface area contributed by atoms with Gasteiger partial charge in [-0.15, -0.1) is 11.8 Å². The lowest BCUT2D eigenvalue weighted by Gasteiger charge is -2.26. The number of nitriles is 1. The van der Waals surface area contributed by atoms with Crippen molar-refractivity contribution in [3.63, 3.8) is 0 Å². The zero-order valence-electron chi connectivity index (χ0n) is 14.5. The molecule has 132 valence electrons. The van der Waals surface area contributed by atoms with Gasteiger partial charge in [0.15, 0.2) is 0 Å². The van der Waals surface area contributed by atoms with Crippen LogP contribution in [0.3, 0.4) is 0 Å². The predicted octanol–water partition coefficient (Wildman–Crippen LogP) is 4.03. The first kappa shape index (κ1) is 18.2. The lowest BCUT2D eigenvalue weighted by molar-refractivity contribution is -0.117. The standard InChI is InChI=1S/C21H21N3OS/c22-12-15-26-20-9-5-4-8-19(20)23-21(25)16-24-13-10-18(11-14-24)17-6-2-1-3-7-17/h1-10H,11,13-16H2,(H,23,25). The molecule has 3 rings (SSSR count). The van der Waals surface area contributed by atoms with Crippen LogP contribution in [0.15, 0.2) is 65.6 Å². The summed E-state index contributed by atoms with van der Waals surface area (Å²) in [5, 5.41) is 11.7. The zero-order chi connectivity index (χ0) is 18.2. The van der Waals surface area contributed by atoms with Crippen LogP contribution in [-0.4, -0.2) is 36.2 Å². The molecular weight excluding hydrogens is 342 g/mol. The maximum Gasteiger partial charge on any atom is 0.238 e. The molecule has 1 aliphatic rings. The number of thioether (sulfide) groups is 1. The van der Waals surface area contributed by atoms with Crippen molar-refractivity contribution in [2.75, 3.05) is 30.7 Å². The SMILES string of the molecule is N#CCSc1ccccc1NC(=O)CN1CC=C(c2ccccc2)CC1. The van der Waals surface area contributed by atoms with Crippen molar-refractivity contribution < 1.29 is 4.79 Å². The van der Waals surface area contributed by atoms with Crippen molar-refractivity contribution in [1.82, 2.24) is 4.90 Å². The Morgan fingerprint density at radius 3 is 2.65 bits per heavy atom. The Kier molecular flexibility index (Phi) is 6.48. The number of carbonyl (C=O) groups is 1. The average Bonchev–Trinajstić information content (AvgIpc) is 2.68. The van der Waals surface area contributed by atoms with Crippen LogP contribution in [0.4, 0.5) is 5.69 Å². The van der Waals surface area contributed by atoms with Gasteiger partial charge in [0.05, 0.1) is 24.1 Å². The van der Waals surface area contributed by atoms with E-state index in [0.717, 1.165) is 30.1 Å². The summed E-state index contributed by atoms with van der Waals surface area (Å²) in [6.07, 6.45) is 3.16. The minimum atomic E-state index is -0.0217. The number of hydrogen-bond donors (Lipinski definition) is 1. The van der Waals surface area contributed by atoms with Gasteiger partial charge in [0, 0.05) is 18.0 Å². The summed E-state index contributed by atoms with van der Waals surface area (Å²) in [5.74, 6) is 0.345. The van der Waals surface area contributed by atoms with Gasteiger partial charge in [0.25, 0.3) is 0 Å². The Labute approximate surface area is 158 Å². The fourth-order valence-corrected chi connectivity index (χ4v) is 3.64. The van der Waals surface area contributed by atoms with Crippen LogP contribution in [-0.2, 0) is 4.79 Å². The Bertz CT molecular complexity index is 827. The van der Waals surface area contributed by atoms with E-state index in [1.807, 2.05) is 30.3 Å². The first-order chi connectivity index (χ1) is 12.8. The average molecular weight is 363 g/mol. The first-order valence-electron chi connectivity index (χ1n) is 8.61. The van der Waals surface area contributed by atoms with Gasteiger partial charge in [-0.2, -0.15) is 5.26 Å². The Hall–Kier alpha value is -2.55. The number of anilines is 1. The third kappa shape index (κ3) is 4.98. The molecule has 1 N–H and O–H groups in total. The predicted molar refractivity (Wildman–Crippen MR) is 107 cm³/mol. The number of nitrogens with zero attached hydrogens (tertiary/aromatic N) is 2. The molecule has 0 unspecified atom stereocenters. The second-order valence-corrected chi connectivity index (χ2v) is 7.09. The molecule has 0 spiro atoms. The van der Waals surface area contributed by atoms with Crippen LogP contribution < -0.4 is 5.32 Å². The van der Waals surface area contributed by atoms with Crippen molar-refractivity contribution in [2.45, 2.75) is 11.3 Å². The fraction of sp³-hybridized carbons (Fsp3) is 0.238. The van der Waals surface area contributed by atoms with Gasteiger partial charge < -0.3 is 5.32 Å². The molecular formula is C21H21N3OS. The van der Waals surface area contributed by atoms with E-state index in [0.29, 0.717) is 12.3 Å². The van der Waals surface area contributed by atoms with Gasteiger partial charge in [-0.25, -0.2) is 0 Å². The van der Waals surface area contributed by atoms with Crippen LogP contribution in [0, 0.1) is 11.3 Å². The van der Waals surface area contributed by atoms with Crippen molar-refractivity contribution >= 4 is 28.9 Å². The summed E-state index contributed by atoms with van der Waals surface area (Å²) in [7, 11) is 0. The molecule has 1 heterocycles. The monoisotopic (exact) mass is 363 g/mol. The van der Waals surface area contributed by atoms with Gasteiger partial charge in [0.2, 0.25) is 5.91 Å². The number of benzene rings is 2. The van der Waals surface area contributed by atoms with E-state index in [1.54, 1.807) is 0 Å². The minimum absolute atomic E-state index is 0.0217. The molecule has 0 aromatic heterocycles. The van der Waals surface area contributed by atoms with Gasteiger partial charge >= 0.3 is 0 Å². The summed E-state index contributed by atoms with van der Waals surface area (Å²) in [5.41, 5.74) is 3.39. The van der Waals surface area contributed by atoms with Gasteiger partial charge in [0.1, 0.15) is 0 Å². The second-order valence-electron chi connectivity index (χ2n) is 6.07. The lowest BCUT2D eigenvalue weighted by Crippen LogP contribution is -2.36. The molecule has 0 fully saturated rings. The van der Waals surface area contributed by atoms with E-state index in [-0.39, 0.29) is 5.91 Å². The smallest absolute Gasteiger partial charge is 0.238 e. The molecule has 0 bridgehead atoms. The number of carbonyl (C=O) groups excluding carboxylic acids is 1. The number of nitrogens with one attached hydrogen (secondary N) is 1. The summed E-state index contributed by atoms with van der Waals surface area (Å²) in [4.78, 5) is 15.5. The normalized spacial score (nSPS) is 14.3. The molecule has 4 nitrogen and oxygen atoms in total. The Morgan fingerprint density at radius 2 is 1.92 bits per heavy atom. The number of amides is 1. The highest BCUT2D eigenvalue weighted by atomic mass is 32.2. The maximum absolute atomic E-state index is 12.4. The lowest BCUT2D eigenvalue weighted by atomic mass is 10.00. The molecule has 0 saturated carbocycles. The molecule has 5 heteroatoms. The van der Waals surface area contributed by atoms with Crippen LogP contribution in [0.25, 0.3) is 5.57 Å². The molecule has 2 aromatic rings. The maximum atomic E-state index is 12.4. The number of para-hydroxylation sites is 1. The van der Waals surface area contributed by atoms with Crippen molar-refractivity contribution in [3.05, 3.63) is 66.2 Å². The topological polar surface area (TPSA) is 56.1 Å². The largest absolute Gasteiger partial charge is 0.324 e. The van der Waals surface area contributed by atoms with E-state index in [4.69, 9.17) is 5.26 Å².